The molecule has 3 rings (SSSR count). The van der Waals surface area contributed by atoms with Crippen molar-refractivity contribution in [1.29, 1.82) is 0 Å². The number of unbranched alkanes of at least 4 members (excludes halogenated alkanes) is 1. The summed E-state index contributed by atoms with van der Waals surface area (Å²) < 4.78 is 11.8. The predicted octanol–water partition coefficient (Wildman–Crippen LogP) is 11.8. The highest BCUT2D eigenvalue weighted by atomic mass is 128. The van der Waals surface area contributed by atoms with Crippen molar-refractivity contribution in [3.63, 3.8) is 0 Å². The van der Waals surface area contributed by atoms with Gasteiger partial charge in [0.15, 0.2) is 5.78 Å². The van der Waals surface area contributed by atoms with Crippen LogP contribution in [-0.2, 0) is 0 Å². The van der Waals surface area contributed by atoms with Crippen LogP contribution in [0.25, 0.3) is 12.2 Å². The van der Waals surface area contributed by atoms with E-state index < -0.39 is 8.07 Å². The van der Waals surface area contributed by atoms with Crippen molar-refractivity contribution in [3.05, 3.63) is 101 Å². The summed E-state index contributed by atoms with van der Waals surface area (Å²) in [7, 11) is 0.562. The van der Waals surface area contributed by atoms with Gasteiger partial charge in [-0.1, -0.05) is 130 Å². The van der Waals surface area contributed by atoms with E-state index in [1.165, 1.54) is 23.6 Å². The van der Waals surface area contributed by atoms with Gasteiger partial charge in [-0.05, 0) is 62.4 Å². The first kappa shape index (κ1) is 40.1. The van der Waals surface area contributed by atoms with Gasteiger partial charge in [0.25, 0.3) is 0 Å². The van der Waals surface area contributed by atoms with Crippen LogP contribution in [0.3, 0.4) is 0 Å². The summed E-state index contributed by atoms with van der Waals surface area (Å²) in [6, 6.07) is 20.7. The first-order valence-corrected chi connectivity index (χ1v) is 25.3. The summed E-state index contributed by atoms with van der Waals surface area (Å²) >= 11 is 4.24. The largest absolute Gasteiger partial charge is 0.496 e. The zero-order chi connectivity index (χ0) is 33.1. The quantitative estimate of drug-likeness (QED) is 0.0744. The Hall–Kier alpha value is -1.91. The van der Waals surface area contributed by atoms with E-state index in [2.05, 4.69) is 127 Å². The van der Waals surface area contributed by atoms with Gasteiger partial charge >= 0.3 is 0 Å². The Morgan fingerprint density at radius 2 is 1.59 bits per heavy atom. The van der Waals surface area contributed by atoms with Gasteiger partial charge in [-0.25, -0.2) is 0 Å². The number of methoxy groups -OCH3 is 1. The maximum absolute atomic E-state index is 13.1. The molecule has 6 heteroatoms. The SMILES string of the molecule is C/C=C/c1cc(OC)c(C(=O)/C=C/c2ccc(C)cc2C)cc1OCC(CC)CCCC.C[Si](C)(C)c1ccccc1.II. The van der Waals surface area contributed by atoms with Gasteiger partial charge in [0.1, 0.15) is 11.5 Å². The highest BCUT2D eigenvalue weighted by Gasteiger charge is 2.17. The normalized spacial score (nSPS) is 11.8. The van der Waals surface area contributed by atoms with Gasteiger partial charge in [0, 0.05) is 42.8 Å². The number of carbonyl (C=O) groups is 1. The Labute approximate surface area is 292 Å². The lowest BCUT2D eigenvalue weighted by atomic mass is 10.00. The van der Waals surface area contributed by atoms with Crippen molar-refractivity contribution in [2.45, 2.75) is 79.9 Å². The molecular weight excluding hydrogens is 786 g/mol. The number of aryl methyl sites for hydroxylation is 2. The molecule has 0 aromatic heterocycles. The molecule has 0 radical (unpaired) electrons. The van der Waals surface area contributed by atoms with E-state index in [4.69, 9.17) is 9.47 Å². The molecule has 44 heavy (non-hydrogen) atoms. The van der Waals surface area contributed by atoms with Crippen molar-refractivity contribution in [3.8, 4) is 11.5 Å². The number of hydrogen-bond acceptors (Lipinski definition) is 3. The minimum Gasteiger partial charge on any atom is -0.496 e. The third kappa shape index (κ3) is 14.0. The van der Waals surface area contributed by atoms with Gasteiger partial charge < -0.3 is 9.47 Å². The summed E-state index contributed by atoms with van der Waals surface area (Å²) in [6.45, 7) is 18.3. The Morgan fingerprint density at radius 3 is 2.11 bits per heavy atom. The molecule has 0 aliphatic heterocycles. The average molecular weight is 839 g/mol. The third-order valence-electron chi connectivity index (χ3n) is 7.44. The Kier molecular flexibility index (Phi) is 19.8. The van der Waals surface area contributed by atoms with Crippen molar-refractivity contribution < 1.29 is 14.3 Å². The average Bonchev–Trinajstić information content (AvgIpc) is 3.02. The maximum atomic E-state index is 13.1. The van der Waals surface area contributed by atoms with Crippen molar-refractivity contribution in [2.24, 2.45) is 5.92 Å². The zero-order valence-electron chi connectivity index (χ0n) is 28.2. The van der Waals surface area contributed by atoms with Gasteiger partial charge in [-0.15, -0.1) is 0 Å². The Bertz CT molecular complexity index is 1330. The van der Waals surface area contributed by atoms with E-state index in [0.29, 0.717) is 23.8 Å². The Balaban J connectivity index is 0.000000675. The van der Waals surface area contributed by atoms with Crippen LogP contribution in [0.1, 0.15) is 79.1 Å². The number of carbonyl (C=O) groups excluding carboxylic acids is 1. The lowest BCUT2D eigenvalue weighted by molar-refractivity contribution is 0.104. The summed E-state index contributed by atoms with van der Waals surface area (Å²) in [5, 5.41) is 1.54. The van der Waals surface area contributed by atoms with Gasteiger partial charge in [0.2, 0.25) is 0 Å². The van der Waals surface area contributed by atoms with Crippen LogP contribution in [0, 0.1) is 19.8 Å². The fourth-order valence-electron chi connectivity index (χ4n) is 4.68. The molecule has 240 valence electrons. The summed E-state index contributed by atoms with van der Waals surface area (Å²) in [6.07, 6.45) is 12.1. The molecule has 0 N–H and O–H groups in total. The third-order valence-corrected chi connectivity index (χ3v) is 9.51. The summed E-state index contributed by atoms with van der Waals surface area (Å²) in [5.74, 6) is 1.69. The van der Waals surface area contributed by atoms with Crippen LogP contribution in [0.5, 0.6) is 11.5 Å². The van der Waals surface area contributed by atoms with Crippen LogP contribution < -0.4 is 14.7 Å². The highest BCUT2D eigenvalue weighted by molar-refractivity contribution is 15.0. The number of halogens is 2. The monoisotopic (exact) mass is 838 g/mol. The number of hydrogen-bond donors (Lipinski definition) is 0. The van der Waals surface area contributed by atoms with Crippen LogP contribution >= 0.6 is 37.2 Å². The van der Waals surface area contributed by atoms with Crippen LogP contribution in [0.2, 0.25) is 19.6 Å². The first-order chi connectivity index (χ1) is 21.0. The fraction of sp³-hybridized carbons (Fsp3) is 0.395. The van der Waals surface area contributed by atoms with Crippen molar-refractivity contribution in [2.75, 3.05) is 13.7 Å². The molecule has 0 fully saturated rings. The summed E-state index contributed by atoms with van der Waals surface area (Å²) in [4.78, 5) is 13.1. The van der Waals surface area contributed by atoms with Gasteiger partial charge in [0.05, 0.1) is 27.4 Å². The molecule has 3 aromatic carbocycles. The van der Waals surface area contributed by atoms with Crippen molar-refractivity contribution >= 4 is 68.4 Å². The number of allylic oxidation sites excluding steroid dienone is 2. The topological polar surface area (TPSA) is 35.5 Å². The number of benzene rings is 3. The van der Waals surface area contributed by atoms with E-state index in [0.717, 1.165) is 35.3 Å². The lowest BCUT2D eigenvalue weighted by Crippen LogP contribution is -2.37. The number of rotatable bonds is 13. The van der Waals surface area contributed by atoms with E-state index in [-0.39, 0.29) is 5.78 Å². The number of ketones is 1. The molecule has 3 aromatic rings. The van der Waals surface area contributed by atoms with E-state index >= 15 is 0 Å². The first-order valence-electron chi connectivity index (χ1n) is 15.5. The molecule has 0 bridgehead atoms. The zero-order valence-corrected chi connectivity index (χ0v) is 33.5. The molecular formula is C38H52I2O3Si. The maximum Gasteiger partial charge on any atom is 0.189 e. The molecule has 0 spiro atoms. The van der Waals surface area contributed by atoms with E-state index in [1.54, 1.807) is 13.2 Å². The standard InChI is InChI=1S/C29H38O3.C9H14Si.I2/c1-7-10-12-23(9-3)20-32-28-19-26(29(31-6)18-25(28)11-8-2)27(30)16-15-24-14-13-21(4)17-22(24)5;1-10(2,3)9-7-5-4-6-8-9;1-2/h8,11,13-19,23H,7,9-10,12,20H2,1-6H3;4-8H,1-3H3;/b11-8+,16-15+;;. The molecule has 1 unspecified atom stereocenters. The second-order valence-corrected chi connectivity index (χ2v) is 17.1. The molecule has 0 saturated heterocycles. The molecule has 0 amide bonds. The lowest BCUT2D eigenvalue weighted by Gasteiger charge is -2.18. The van der Waals surface area contributed by atoms with Gasteiger partial charge in [-0.2, -0.15) is 0 Å². The highest BCUT2D eigenvalue weighted by Crippen LogP contribution is 2.32. The second kappa shape index (κ2) is 21.8. The molecule has 3 nitrogen and oxygen atoms in total. The van der Waals surface area contributed by atoms with Gasteiger partial charge in [-0.3, -0.25) is 4.79 Å². The molecule has 1 atom stereocenters. The van der Waals surface area contributed by atoms with Crippen LogP contribution in [0.4, 0.5) is 0 Å². The Morgan fingerprint density at radius 1 is 0.909 bits per heavy atom. The van der Waals surface area contributed by atoms with Crippen LogP contribution in [0.15, 0.2) is 72.8 Å². The molecule has 0 heterocycles. The van der Waals surface area contributed by atoms with Crippen molar-refractivity contribution in [1.82, 2.24) is 0 Å². The molecule has 0 aliphatic rings. The van der Waals surface area contributed by atoms with Crippen LogP contribution in [-0.4, -0.2) is 27.6 Å². The number of ether oxygens (including phenoxy) is 2. The minimum atomic E-state index is -1.03. The van der Waals surface area contributed by atoms with E-state index in [9.17, 15) is 4.79 Å². The fourth-order valence-corrected chi connectivity index (χ4v) is 5.88. The summed E-state index contributed by atoms with van der Waals surface area (Å²) in [5.41, 5.74) is 4.82. The molecule has 0 aliphatic carbocycles. The van der Waals surface area contributed by atoms with E-state index in [1.807, 2.05) is 43.4 Å². The smallest absolute Gasteiger partial charge is 0.189 e. The predicted molar refractivity (Wildman–Crippen MR) is 213 cm³/mol. The molecule has 0 saturated carbocycles. The second-order valence-electron chi connectivity index (χ2n) is 12.0. The minimum absolute atomic E-state index is 0.100.